The van der Waals surface area contributed by atoms with Gasteiger partial charge >= 0.3 is 0 Å². The van der Waals surface area contributed by atoms with Crippen LogP contribution >= 0.6 is 0 Å². The van der Waals surface area contributed by atoms with Gasteiger partial charge in [0.15, 0.2) is 0 Å². The third-order valence-electron chi connectivity index (χ3n) is 4.90. The fraction of sp³-hybridized carbons (Fsp3) is 0.579. The van der Waals surface area contributed by atoms with E-state index in [9.17, 15) is 9.59 Å². The Balaban J connectivity index is 1.60. The molecule has 0 bridgehead atoms. The molecule has 130 valence electrons. The molecule has 5 heteroatoms. The van der Waals surface area contributed by atoms with Gasteiger partial charge in [0, 0.05) is 26.1 Å². The summed E-state index contributed by atoms with van der Waals surface area (Å²) in [5.41, 5.74) is 1.17. The predicted molar refractivity (Wildman–Crippen MR) is 91.5 cm³/mol. The van der Waals surface area contributed by atoms with Crippen LogP contribution in [0, 0.1) is 0 Å². The van der Waals surface area contributed by atoms with Crippen molar-refractivity contribution < 1.29 is 14.3 Å². The zero-order valence-electron chi connectivity index (χ0n) is 14.2. The van der Waals surface area contributed by atoms with Crippen LogP contribution in [0.15, 0.2) is 30.3 Å². The van der Waals surface area contributed by atoms with Crippen molar-refractivity contribution in [3.05, 3.63) is 35.9 Å². The standard InChI is InChI=1S/C19H26N2O3/c22-18(10-9-16-6-2-1-3-7-16)21-11-5-4-8-17(21)19(23)20-12-14-24-15-13-20/h1-3,6-7,17H,4-5,8-15H2/t17-/m0/s1. The van der Waals surface area contributed by atoms with Crippen molar-refractivity contribution >= 4 is 11.8 Å². The molecular weight excluding hydrogens is 304 g/mol. The lowest BCUT2D eigenvalue weighted by molar-refractivity contribution is -0.150. The third-order valence-corrected chi connectivity index (χ3v) is 4.90. The first-order chi connectivity index (χ1) is 11.8. The van der Waals surface area contributed by atoms with Gasteiger partial charge in [-0.15, -0.1) is 0 Å². The summed E-state index contributed by atoms with van der Waals surface area (Å²) in [5.74, 6) is 0.205. The highest BCUT2D eigenvalue weighted by Gasteiger charge is 2.34. The number of likely N-dealkylation sites (tertiary alicyclic amines) is 1. The molecule has 2 fully saturated rings. The van der Waals surface area contributed by atoms with Crippen LogP contribution in [0.1, 0.15) is 31.2 Å². The SMILES string of the molecule is O=C([C@@H]1CCCCN1C(=O)CCc1ccccc1)N1CCOCC1. The first-order valence-corrected chi connectivity index (χ1v) is 8.95. The summed E-state index contributed by atoms with van der Waals surface area (Å²) in [6.07, 6.45) is 3.99. The molecule has 0 unspecified atom stereocenters. The normalized spacial score (nSPS) is 21.6. The van der Waals surface area contributed by atoms with Crippen molar-refractivity contribution in [2.45, 2.75) is 38.1 Å². The van der Waals surface area contributed by atoms with Crippen LogP contribution in [0.3, 0.4) is 0 Å². The molecule has 2 saturated heterocycles. The number of aryl methyl sites for hydroxylation is 1. The summed E-state index contributed by atoms with van der Waals surface area (Å²) in [4.78, 5) is 29.2. The second kappa shape index (κ2) is 8.29. The van der Waals surface area contributed by atoms with Crippen molar-refractivity contribution in [1.29, 1.82) is 0 Å². The van der Waals surface area contributed by atoms with Crippen LogP contribution in [0.25, 0.3) is 0 Å². The van der Waals surface area contributed by atoms with E-state index in [1.807, 2.05) is 40.1 Å². The topological polar surface area (TPSA) is 49.9 Å². The Bertz CT molecular complexity index is 555. The lowest BCUT2D eigenvalue weighted by Crippen LogP contribution is -2.55. The van der Waals surface area contributed by atoms with E-state index in [1.165, 1.54) is 5.56 Å². The zero-order chi connectivity index (χ0) is 16.8. The minimum Gasteiger partial charge on any atom is -0.378 e. The van der Waals surface area contributed by atoms with Gasteiger partial charge in [0.05, 0.1) is 13.2 Å². The number of amides is 2. The van der Waals surface area contributed by atoms with Gasteiger partial charge in [-0.3, -0.25) is 9.59 Å². The summed E-state index contributed by atoms with van der Waals surface area (Å²) in [5, 5.41) is 0. The number of rotatable bonds is 4. The number of ether oxygens (including phenoxy) is 1. The van der Waals surface area contributed by atoms with Crippen LogP contribution in [0.4, 0.5) is 0 Å². The smallest absolute Gasteiger partial charge is 0.245 e. The molecule has 1 aromatic carbocycles. The summed E-state index contributed by atoms with van der Waals surface area (Å²) < 4.78 is 5.32. The minimum atomic E-state index is -0.278. The van der Waals surface area contributed by atoms with Crippen LogP contribution in [0.2, 0.25) is 0 Å². The molecule has 2 amide bonds. The number of morpholine rings is 1. The van der Waals surface area contributed by atoms with Crippen LogP contribution in [-0.4, -0.2) is 60.5 Å². The number of nitrogens with zero attached hydrogens (tertiary/aromatic N) is 2. The van der Waals surface area contributed by atoms with Crippen molar-refractivity contribution in [2.75, 3.05) is 32.8 Å². The Kier molecular flexibility index (Phi) is 5.86. The molecule has 3 rings (SSSR count). The van der Waals surface area contributed by atoms with Crippen molar-refractivity contribution in [3.63, 3.8) is 0 Å². The van der Waals surface area contributed by atoms with Crippen molar-refractivity contribution in [1.82, 2.24) is 9.80 Å². The highest BCUT2D eigenvalue weighted by atomic mass is 16.5. The number of hydrogen-bond donors (Lipinski definition) is 0. The zero-order valence-corrected chi connectivity index (χ0v) is 14.2. The molecule has 1 atom stereocenters. The predicted octanol–water partition coefficient (Wildman–Crippen LogP) is 1.86. The Morgan fingerprint density at radius 1 is 1.04 bits per heavy atom. The highest BCUT2D eigenvalue weighted by molar-refractivity contribution is 5.88. The molecule has 2 aliphatic rings. The van der Waals surface area contributed by atoms with Gasteiger partial charge in [0.2, 0.25) is 11.8 Å². The van der Waals surface area contributed by atoms with E-state index < -0.39 is 0 Å². The first kappa shape index (κ1) is 17.0. The van der Waals surface area contributed by atoms with Crippen molar-refractivity contribution in [3.8, 4) is 0 Å². The first-order valence-electron chi connectivity index (χ1n) is 8.95. The molecule has 5 nitrogen and oxygen atoms in total. The second-order valence-corrected chi connectivity index (χ2v) is 6.52. The van der Waals surface area contributed by atoms with Gasteiger partial charge in [-0.05, 0) is 31.2 Å². The average Bonchev–Trinajstić information content (AvgIpc) is 2.67. The minimum absolute atomic E-state index is 0.102. The molecule has 0 N–H and O–H groups in total. The van der Waals surface area contributed by atoms with Gasteiger partial charge in [-0.25, -0.2) is 0 Å². The quantitative estimate of drug-likeness (QED) is 0.847. The molecule has 0 radical (unpaired) electrons. The largest absolute Gasteiger partial charge is 0.378 e. The van der Waals surface area contributed by atoms with Gasteiger partial charge in [0.25, 0.3) is 0 Å². The van der Waals surface area contributed by atoms with Gasteiger partial charge in [-0.1, -0.05) is 30.3 Å². The van der Waals surface area contributed by atoms with E-state index in [2.05, 4.69) is 0 Å². The summed E-state index contributed by atoms with van der Waals surface area (Å²) in [6, 6.07) is 9.77. The summed E-state index contributed by atoms with van der Waals surface area (Å²) >= 11 is 0. The lowest BCUT2D eigenvalue weighted by Gasteiger charge is -2.38. The maximum atomic E-state index is 12.8. The lowest BCUT2D eigenvalue weighted by atomic mass is 9.99. The highest BCUT2D eigenvalue weighted by Crippen LogP contribution is 2.21. The van der Waals surface area contributed by atoms with E-state index >= 15 is 0 Å². The fourth-order valence-corrected chi connectivity index (χ4v) is 3.52. The molecule has 2 heterocycles. The van der Waals surface area contributed by atoms with E-state index in [1.54, 1.807) is 0 Å². The monoisotopic (exact) mass is 330 g/mol. The second-order valence-electron chi connectivity index (χ2n) is 6.52. The number of piperidine rings is 1. The molecule has 0 spiro atoms. The third kappa shape index (κ3) is 4.15. The van der Waals surface area contributed by atoms with Crippen LogP contribution in [0.5, 0.6) is 0 Å². The Hall–Kier alpha value is -1.88. The molecule has 2 aliphatic heterocycles. The number of carbonyl (C=O) groups excluding carboxylic acids is 2. The van der Waals surface area contributed by atoms with Crippen molar-refractivity contribution in [2.24, 2.45) is 0 Å². The molecular formula is C19H26N2O3. The maximum absolute atomic E-state index is 12.8. The number of hydrogen-bond acceptors (Lipinski definition) is 3. The maximum Gasteiger partial charge on any atom is 0.245 e. The Morgan fingerprint density at radius 2 is 1.79 bits per heavy atom. The Morgan fingerprint density at radius 3 is 2.54 bits per heavy atom. The van der Waals surface area contributed by atoms with E-state index in [4.69, 9.17) is 4.74 Å². The number of carbonyl (C=O) groups is 2. The average molecular weight is 330 g/mol. The summed E-state index contributed by atoms with van der Waals surface area (Å²) in [7, 11) is 0. The summed E-state index contributed by atoms with van der Waals surface area (Å²) in [6.45, 7) is 3.18. The molecule has 1 aromatic rings. The van der Waals surface area contributed by atoms with Crippen LogP contribution < -0.4 is 0 Å². The van der Waals surface area contributed by atoms with Gasteiger partial charge in [0.1, 0.15) is 6.04 Å². The molecule has 0 aromatic heterocycles. The van der Waals surface area contributed by atoms with Gasteiger partial charge in [-0.2, -0.15) is 0 Å². The Labute approximate surface area is 143 Å². The van der Waals surface area contributed by atoms with E-state index in [-0.39, 0.29) is 17.9 Å². The number of benzene rings is 1. The molecule has 24 heavy (non-hydrogen) atoms. The van der Waals surface area contributed by atoms with E-state index in [0.717, 1.165) is 25.7 Å². The fourth-order valence-electron chi connectivity index (χ4n) is 3.52. The molecule has 0 aliphatic carbocycles. The van der Waals surface area contributed by atoms with E-state index in [0.29, 0.717) is 39.3 Å². The van der Waals surface area contributed by atoms with Crippen LogP contribution in [-0.2, 0) is 20.7 Å². The van der Waals surface area contributed by atoms with Gasteiger partial charge < -0.3 is 14.5 Å². The molecule has 0 saturated carbocycles.